The van der Waals surface area contributed by atoms with Crippen LogP contribution in [0.5, 0.6) is 0 Å². The van der Waals surface area contributed by atoms with E-state index >= 15 is 0 Å². The zero-order valence-corrected chi connectivity index (χ0v) is 9.32. The lowest BCUT2D eigenvalue weighted by Crippen LogP contribution is -2.47. The summed E-state index contributed by atoms with van der Waals surface area (Å²) in [7, 11) is 1.24. The monoisotopic (exact) mass is 232 g/mol. The smallest absolute Gasteiger partial charge is 0.332 e. The molecule has 0 aliphatic carbocycles. The van der Waals surface area contributed by atoms with E-state index < -0.39 is 23.9 Å². The van der Waals surface area contributed by atoms with E-state index in [4.69, 9.17) is 5.73 Å². The molecule has 0 heterocycles. The molecule has 7 heteroatoms. The average molecular weight is 232 g/mol. The number of esters is 2. The minimum atomic E-state index is -1.36. The molecule has 16 heavy (non-hydrogen) atoms. The highest BCUT2D eigenvalue weighted by atomic mass is 16.5. The molecule has 0 saturated carbocycles. The molecule has 0 fully saturated rings. The Morgan fingerprint density at radius 1 is 1.38 bits per heavy atom. The quantitative estimate of drug-likeness (QED) is 0.429. The maximum atomic E-state index is 11.2. The third-order valence-corrected chi connectivity index (χ3v) is 1.68. The second-order valence-corrected chi connectivity index (χ2v) is 2.85. The fraction of sp³-hybridized carbons (Fsp3) is 0.667. The highest BCUT2D eigenvalue weighted by Crippen LogP contribution is 1.87. The highest BCUT2D eigenvalue weighted by molar-refractivity contribution is 6.01. The van der Waals surface area contributed by atoms with Crippen LogP contribution in [0.1, 0.15) is 13.3 Å². The Bertz CT molecular complexity index is 267. The summed E-state index contributed by atoms with van der Waals surface area (Å²) in [6.45, 7) is 1.83. The third kappa shape index (κ3) is 5.30. The number of ether oxygens (including phenoxy) is 2. The summed E-state index contributed by atoms with van der Waals surface area (Å²) in [5.74, 6) is -1.93. The zero-order valence-electron chi connectivity index (χ0n) is 9.32. The van der Waals surface area contributed by atoms with Gasteiger partial charge in [-0.15, -0.1) is 0 Å². The second-order valence-electron chi connectivity index (χ2n) is 2.85. The van der Waals surface area contributed by atoms with Gasteiger partial charge in [0.05, 0.1) is 20.1 Å². The Morgan fingerprint density at radius 3 is 2.50 bits per heavy atom. The van der Waals surface area contributed by atoms with Crippen LogP contribution >= 0.6 is 0 Å². The van der Waals surface area contributed by atoms with Crippen LogP contribution in [-0.4, -0.2) is 44.1 Å². The van der Waals surface area contributed by atoms with E-state index in [-0.39, 0.29) is 19.6 Å². The standard InChI is InChI=1S/C9H16N2O5/c1-3-16-9(14)7(10)8(13)11-5-4-6(12)15-2/h7H,3-5,10H2,1-2H3,(H,11,13). The Balaban J connectivity index is 3.88. The van der Waals surface area contributed by atoms with Gasteiger partial charge in [-0.3, -0.25) is 9.59 Å². The number of methoxy groups -OCH3 is 1. The maximum Gasteiger partial charge on any atom is 0.332 e. The summed E-state index contributed by atoms with van der Waals surface area (Å²) in [5, 5.41) is 2.32. The second kappa shape index (κ2) is 7.63. The van der Waals surface area contributed by atoms with E-state index in [9.17, 15) is 14.4 Å². The largest absolute Gasteiger partial charge is 0.469 e. The molecule has 0 radical (unpaired) electrons. The van der Waals surface area contributed by atoms with Gasteiger partial charge >= 0.3 is 11.9 Å². The van der Waals surface area contributed by atoms with Gasteiger partial charge in [-0.2, -0.15) is 0 Å². The van der Waals surface area contributed by atoms with Crippen LogP contribution in [0.4, 0.5) is 0 Å². The first-order chi connectivity index (χ1) is 7.52. The molecule has 0 aliphatic heterocycles. The predicted molar refractivity (Wildman–Crippen MR) is 54.3 cm³/mol. The summed E-state index contributed by atoms with van der Waals surface area (Å²) in [5.41, 5.74) is 5.29. The van der Waals surface area contributed by atoms with Crippen molar-refractivity contribution in [2.45, 2.75) is 19.4 Å². The molecule has 0 aromatic rings. The van der Waals surface area contributed by atoms with Crippen LogP contribution in [0.2, 0.25) is 0 Å². The van der Waals surface area contributed by atoms with Crippen LogP contribution in [-0.2, 0) is 23.9 Å². The van der Waals surface area contributed by atoms with Crippen molar-refractivity contribution in [3.63, 3.8) is 0 Å². The number of nitrogens with two attached hydrogens (primary N) is 1. The van der Waals surface area contributed by atoms with Crippen molar-refractivity contribution < 1.29 is 23.9 Å². The number of carbonyl (C=O) groups is 3. The lowest BCUT2D eigenvalue weighted by atomic mass is 10.3. The van der Waals surface area contributed by atoms with Crippen LogP contribution in [0.3, 0.4) is 0 Å². The van der Waals surface area contributed by atoms with Crippen molar-refractivity contribution in [3.05, 3.63) is 0 Å². The summed E-state index contributed by atoms with van der Waals surface area (Å²) >= 11 is 0. The molecule has 7 nitrogen and oxygen atoms in total. The fourth-order valence-electron chi connectivity index (χ4n) is 0.839. The molecule has 1 unspecified atom stereocenters. The Labute approximate surface area is 93.3 Å². The molecule has 0 spiro atoms. The van der Waals surface area contributed by atoms with E-state index in [0.717, 1.165) is 0 Å². The zero-order chi connectivity index (χ0) is 12.6. The van der Waals surface area contributed by atoms with Gasteiger partial charge in [0, 0.05) is 6.54 Å². The molecule has 0 saturated heterocycles. The lowest BCUT2D eigenvalue weighted by molar-refractivity contribution is -0.147. The summed E-state index contributed by atoms with van der Waals surface area (Å²) < 4.78 is 8.92. The highest BCUT2D eigenvalue weighted by Gasteiger charge is 2.22. The maximum absolute atomic E-state index is 11.2. The van der Waals surface area contributed by atoms with Gasteiger partial charge in [0.1, 0.15) is 0 Å². The molecule has 0 aromatic carbocycles. The average Bonchev–Trinajstić information content (AvgIpc) is 2.27. The van der Waals surface area contributed by atoms with E-state index in [0.29, 0.717) is 0 Å². The first-order valence-corrected chi connectivity index (χ1v) is 4.79. The minimum Gasteiger partial charge on any atom is -0.469 e. The van der Waals surface area contributed by atoms with E-state index in [2.05, 4.69) is 14.8 Å². The fourth-order valence-corrected chi connectivity index (χ4v) is 0.839. The SMILES string of the molecule is CCOC(=O)C(N)C(=O)NCCC(=O)OC. The first-order valence-electron chi connectivity index (χ1n) is 4.79. The van der Waals surface area contributed by atoms with E-state index in [1.807, 2.05) is 0 Å². The summed E-state index contributed by atoms with van der Waals surface area (Å²) in [6.07, 6.45) is 0.0256. The van der Waals surface area contributed by atoms with Crippen molar-refractivity contribution in [1.29, 1.82) is 0 Å². The first kappa shape index (κ1) is 14.4. The number of hydrogen-bond acceptors (Lipinski definition) is 6. The van der Waals surface area contributed by atoms with Crippen molar-refractivity contribution in [2.75, 3.05) is 20.3 Å². The van der Waals surface area contributed by atoms with Gasteiger partial charge in [-0.25, -0.2) is 4.79 Å². The third-order valence-electron chi connectivity index (χ3n) is 1.68. The Kier molecular flexibility index (Phi) is 6.86. The minimum absolute atomic E-state index is 0.0256. The van der Waals surface area contributed by atoms with Crippen LogP contribution < -0.4 is 11.1 Å². The number of nitrogens with one attached hydrogen (secondary N) is 1. The molecular formula is C9H16N2O5. The molecule has 1 atom stereocenters. The molecule has 0 rings (SSSR count). The number of amides is 1. The summed E-state index contributed by atoms with van der Waals surface area (Å²) in [4.78, 5) is 33.0. The molecule has 1 amide bonds. The normalized spacial score (nSPS) is 11.4. The van der Waals surface area contributed by atoms with Gasteiger partial charge < -0.3 is 20.5 Å². The molecular weight excluding hydrogens is 216 g/mol. The molecule has 0 aliphatic rings. The molecule has 0 aromatic heterocycles. The van der Waals surface area contributed by atoms with Crippen molar-refractivity contribution in [1.82, 2.24) is 5.32 Å². The van der Waals surface area contributed by atoms with Gasteiger partial charge in [-0.05, 0) is 6.92 Å². The molecule has 0 bridgehead atoms. The number of carbonyl (C=O) groups excluding carboxylic acids is 3. The van der Waals surface area contributed by atoms with E-state index in [1.54, 1.807) is 6.92 Å². The van der Waals surface area contributed by atoms with Gasteiger partial charge in [0.25, 0.3) is 0 Å². The van der Waals surface area contributed by atoms with Crippen molar-refractivity contribution >= 4 is 17.8 Å². The number of rotatable bonds is 6. The Morgan fingerprint density at radius 2 is 2.00 bits per heavy atom. The van der Waals surface area contributed by atoms with Gasteiger partial charge in [0.2, 0.25) is 5.91 Å². The molecule has 92 valence electrons. The van der Waals surface area contributed by atoms with Crippen LogP contribution in [0.25, 0.3) is 0 Å². The number of hydrogen-bond donors (Lipinski definition) is 2. The van der Waals surface area contributed by atoms with Gasteiger partial charge in [-0.1, -0.05) is 0 Å². The van der Waals surface area contributed by atoms with Crippen molar-refractivity contribution in [2.24, 2.45) is 5.73 Å². The van der Waals surface area contributed by atoms with Gasteiger partial charge in [0.15, 0.2) is 6.04 Å². The topological polar surface area (TPSA) is 108 Å². The van der Waals surface area contributed by atoms with Crippen LogP contribution in [0, 0.1) is 0 Å². The van der Waals surface area contributed by atoms with Crippen molar-refractivity contribution in [3.8, 4) is 0 Å². The molecule has 3 N–H and O–H groups in total. The predicted octanol–water partition coefficient (Wildman–Crippen LogP) is -1.44. The summed E-state index contributed by atoms with van der Waals surface area (Å²) in [6, 6.07) is -1.36. The Hall–Kier alpha value is -1.63. The van der Waals surface area contributed by atoms with Crippen LogP contribution in [0.15, 0.2) is 0 Å². The lowest BCUT2D eigenvalue weighted by Gasteiger charge is -2.10. The van der Waals surface area contributed by atoms with E-state index in [1.165, 1.54) is 7.11 Å².